The molecule has 18 heavy (non-hydrogen) atoms. The normalized spacial score (nSPS) is 10.3. The third-order valence-corrected chi connectivity index (χ3v) is 3.89. The second-order valence-electron chi connectivity index (χ2n) is 3.87. The second kappa shape index (κ2) is 9.25. The average Bonchev–Trinajstić information content (AvgIpc) is 2.37. The largest absolute Gasteiger partial charge is 0.356 e. The first-order chi connectivity index (χ1) is 8.74. The van der Waals surface area contributed by atoms with Gasteiger partial charge in [-0.15, -0.1) is 11.8 Å². The van der Waals surface area contributed by atoms with Gasteiger partial charge < -0.3 is 11.1 Å². The lowest BCUT2D eigenvalue weighted by Gasteiger charge is -2.05. The highest BCUT2D eigenvalue weighted by Gasteiger charge is 2.03. The van der Waals surface area contributed by atoms with Crippen molar-refractivity contribution in [1.82, 2.24) is 5.32 Å². The van der Waals surface area contributed by atoms with Crippen LogP contribution in [0.25, 0.3) is 0 Å². The van der Waals surface area contributed by atoms with E-state index in [1.807, 2.05) is 24.3 Å². The number of nitrogens with one attached hydrogen (secondary N) is 1. The van der Waals surface area contributed by atoms with Crippen LogP contribution in [0.2, 0.25) is 5.02 Å². The maximum atomic E-state index is 11.5. The van der Waals surface area contributed by atoms with E-state index in [1.165, 1.54) is 0 Å². The molecule has 100 valence electrons. The van der Waals surface area contributed by atoms with E-state index in [4.69, 9.17) is 17.3 Å². The number of hydrogen-bond acceptors (Lipinski definition) is 3. The van der Waals surface area contributed by atoms with Crippen LogP contribution < -0.4 is 11.1 Å². The van der Waals surface area contributed by atoms with Crippen molar-refractivity contribution in [3.63, 3.8) is 0 Å². The third-order valence-electron chi connectivity index (χ3n) is 2.38. The van der Waals surface area contributed by atoms with Crippen molar-refractivity contribution >= 4 is 29.3 Å². The number of carbonyl (C=O) groups excluding carboxylic acids is 1. The van der Waals surface area contributed by atoms with E-state index in [0.717, 1.165) is 28.5 Å². The van der Waals surface area contributed by atoms with E-state index >= 15 is 0 Å². The Hall–Kier alpha value is -0.710. The SMILES string of the molecule is NCCCCNC(=O)CCSc1ccccc1Cl. The number of unbranched alkanes of at least 4 members (excludes halogenated alkanes) is 1. The lowest BCUT2D eigenvalue weighted by atomic mass is 10.3. The van der Waals surface area contributed by atoms with Crippen molar-refractivity contribution in [2.75, 3.05) is 18.8 Å². The first-order valence-electron chi connectivity index (χ1n) is 6.08. The van der Waals surface area contributed by atoms with Crippen LogP contribution in [0.5, 0.6) is 0 Å². The van der Waals surface area contributed by atoms with Crippen LogP contribution >= 0.6 is 23.4 Å². The molecule has 0 saturated carbocycles. The van der Waals surface area contributed by atoms with Crippen LogP contribution in [0.15, 0.2) is 29.2 Å². The van der Waals surface area contributed by atoms with E-state index in [1.54, 1.807) is 11.8 Å². The molecule has 0 saturated heterocycles. The van der Waals surface area contributed by atoms with Crippen molar-refractivity contribution in [3.05, 3.63) is 29.3 Å². The molecule has 1 amide bonds. The Bertz CT molecular complexity index is 374. The minimum Gasteiger partial charge on any atom is -0.356 e. The number of benzene rings is 1. The van der Waals surface area contributed by atoms with Gasteiger partial charge in [0.05, 0.1) is 5.02 Å². The summed E-state index contributed by atoms with van der Waals surface area (Å²) in [7, 11) is 0. The molecule has 0 atom stereocenters. The molecule has 0 bridgehead atoms. The molecular weight excluding hydrogens is 268 g/mol. The molecule has 0 aliphatic carbocycles. The van der Waals surface area contributed by atoms with Gasteiger partial charge in [0.25, 0.3) is 0 Å². The molecule has 0 aromatic heterocycles. The van der Waals surface area contributed by atoms with Crippen LogP contribution in [0.1, 0.15) is 19.3 Å². The second-order valence-corrected chi connectivity index (χ2v) is 5.42. The van der Waals surface area contributed by atoms with Crippen LogP contribution in [-0.4, -0.2) is 24.7 Å². The van der Waals surface area contributed by atoms with Crippen LogP contribution in [-0.2, 0) is 4.79 Å². The smallest absolute Gasteiger partial charge is 0.220 e. The Labute approximate surface area is 117 Å². The average molecular weight is 287 g/mol. The number of rotatable bonds is 8. The number of amides is 1. The third kappa shape index (κ3) is 6.28. The zero-order chi connectivity index (χ0) is 13.2. The van der Waals surface area contributed by atoms with Gasteiger partial charge in [0.15, 0.2) is 0 Å². The number of hydrogen-bond donors (Lipinski definition) is 2. The Morgan fingerprint density at radius 2 is 2.11 bits per heavy atom. The Balaban J connectivity index is 2.14. The maximum absolute atomic E-state index is 11.5. The molecule has 0 heterocycles. The summed E-state index contributed by atoms with van der Waals surface area (Å²) in [5, 5.41) is 3.62. The summed E-state index contributed by atoms with van der Waals surface area (Å²) >= 11 is 7.63. The van der Waals surface area contributed by atoms with Gasteiger partial charge in [0.2, 0.25) is 5.91 Å². The molecule has 0 aliphatic rings. The first-order valence-corrected chi connectivity index (χ1v) is 7.44. The van der Waals surface area contributed by atoms with Gasteiger partial charge in [-0.2, -0.15) is 0 Å². The highest BCUT2D eigenvalue weighted by Crippen LogP contribution is 2.26. The molecule has 3 N–H and O–H groups in total. The van der Waals surface area contributed by atoms with Gasteiger partial charge in [-0.1, -0.05) is 23.7 Å². The van der Waals surface area contributed by atoms with Gasteiger partial charge in [0.1, 0.15) is 0 Å². The van der Waals surface area contributed by atoms with Gasteiger partial charge in [-0.3, -0.25) is 4.79 Å². The summed E-state index contributed by atoms with van der Waals surface area (Å²) in [6, 6.07) is 7.67. The standard InChI is InChI=1S/C13H19ClN2OS/c14-11-5-1-2-6-12(11)18-10-7-13(17)16-9-4-3-8-15/h1-2,5-6H,3-4,7-10,15H2,(H,16,17). The lowest BCUT2D eigenvalue weighted by molar-refractivity contribution is -0.120. The van der Waals surface area contributed by atoms with Gasteiger partial charge >= 0.3 is 0 Å². The molecular formula is C13H19ClN2OS. The van der Waals surface area contributed by atoms with Gasteiger partial charge in [-0.05, 0) is 31.5 Å². The zero-order valence-corrected chi connectivity index (χ0v) is 11.9. The topological polar surface area (TPSA) is 55.1 Å². The van der Waals surface area contributed by atoms with Crippen LogP contribution in [0, 0.1) is 0 Å². The van der Waals surface area contributed by atoms with E-state index in [2.05, 4.69) is 5.32 Å². The van der Waals surface area contributed by atoms with Crippen molar-refractivity contribution in [1.29, 1.82) is 0 Å². The summed E-state index contributed by atoms with van der Waals surface area (Å²) in [6.45, 7) is 1.39. The minimum absolute atomic E-state index is 0.0894. The summed E-state index contributed by atoms with van der Waals surface area (Å²) in [5.74, 6) is 0.832. The fourth-order valence-corrected chi connectivity index (χ4v) is 2.59. The molecule has 5 heteroatoms. The Morgan fingerprint density at radius 3 is 2.83 bits per heavy atom. The minimum atomic E-state index is 0.0894. The van der Waals surface area contributed by atoms with E-state index < -0.39 is 0 Å². The highest BCUT2D eigenvalue weighted by atomic mass is 35.5. The summed E-state index contributed by atoms with van der Waals surface area (Å²) in [5.41, 5.74) is 5.38. The summed E-state index contributed by atoms with van der Waals surface area (Å²) < 4.78 is 0. The predicted molar refractivity (Wildman–Crippen MR) is 78.1 cm³/mol. The van der Waals surface area contributed by atoms with Crippen molar-refractivity contribution in [2.45, 2.75) is 24.2 Å². The van der Waals surface area contributed by atoms with Crippen molar-refractivity contribution < 1.29 is 4.79 Å². The van der Waals surface area contributed by atoms with E-state index in [0.29, 0.717) is 19.5 Å². The zero-order valence-electron chi connectivity index (χ0n) is 10.3. The molecule has 0 aliphatic heterocycles. The Morgan fingerprint density at radius 1 is 1.33 bits per heavy atom. The molecule has 1 aromatic carbocycles. The lowest BCUT2D eigenvalue weighted by Crippen LogP contribution is -2.25. The monoisotopic (exact) mass is 286 g/mol. The maximum Gasteiger partial charge on any atom is 0.220 e. The molecule has 0 unspecified atom stereocenters. The van der Waals surface area contributed by atoms with Gasteiger partial charge in [-0.25, -0.2) is 0 Å². The fraction of sp³-hybridized carbons (Fsp3) is 0.462. The number of halogens is 1. The molecule has 0 radical (unpaired) electrons. The first kappa shape index (κ1) is 15.3. The summed E-state index contributed by atoms with van der Waals surface area (Å²) in [4.78, 5) is 12.5. The Kier molecular flexibility index (Phi) is 7.89. The van der Waals surface area contributed by atoms with E-state index in [9.17, 15) is 4.79 Å². The quantitative estimate of drug-likeness (QED) is 0.571. The van der Waals surface area contributed by atoms with Crippen molar-refractivity contribution in [3.8, 4) is 0 Å². The molecule has 1 aromatic rings. The highest BCUT2D eigenvalue weighted by molar-refractivity contribution is 7.99. The molecule has 3 nitrogen and oxygen atoms in total. The van der Waals surface area contributed by atoms with Crippen LogP contribution in [0.4, 0.5) is 0 Å². The molecule has 0 fully saturated rings. The number of nitrogens with two attached hydrogens (primary N) is 1. The summed E-state index contributed by atoms with van der Waals surface area (Å²) in [6.07, 6.45) is 2.41. The fourth-order valence-electron chi connectivity index (χ4n) is 1.40. The molecule has 1 rings (SSSR count). The number of carbonyl (C=O) groups is 1. The predicted octanol–water partition coefficient (Wildman–Crippen LogP) is 2.68. The molecule has 0 spiro atoms. The van der Waals surface area contributed by atoms with Crippen molar-refractivity contribution in [2.24, 2.45) is 5.73 Å². The number of thioether (sulfide) groups is 1. The van der Waals surface area contributed by atoms with Gasteiger partial charge in [0, 0.05) is 23.6 Å². The van der Waals surface area contributed by atoms with Crippen LogP contribution in [0.3, 0.4) is 0 Å². The van der Waals surface area contributed by atoms with E-state index in [-0.39, 0.29) is 5.91 Å².